The summed E-state index contributed by atoms with van der Waals surface area (Å²) in [6.07, 6.45) is -4.42. The van der Waals surface area contributed by atoms with Crippen LogP contribution in [-0.4, -0.2) is 16.9 Å². The van der Waals surface area contributed by atoms with Gasteiger partial charge in [0.25, 0.3) is 5.69 Å². The van der Waals surface area contributed by atoms with E-state index in [0.29, 0.717) is 5.56 Å². The molecule has 0 fully saturated rings. The third-order valence-electron chi connectivity index (χ3n) is 2.69. The summed E-state index contributed by atoms with van der Waals surface area (Å²) < 4.78 is 47.2. The number of nitro benzene ring substituents is 1. The van der Waals surface area contributed by atoms with Crippen LogP contribution < -0.4 is 0 Å². The minimum atomic E-state index is -4.66. The Morgan fingerprint density at radius 2 is 1.78 bits per heavy atom. The number of hydrogen-bond acceptors (Lipinski definition) is 3. The molecule has 0 aromatic heterocycles. The van der Waals surface area contributed by atoms with Crippen LogP contribution >= 0.6 is 0 Å². The lowest BCUT2D eigenvalue weighted by molar-refractivity contribution is -0.385. The van der Waals surface area contributed by atoms with Gasteiger partial charge < -0.3 is 0 Å². The summed E-state index contributed by atoms with van der Waals surface area (Å²) in [5.41, 5.74) is 0.211. The van der Waals surface area contributed by atoms with Gasteiger partial charge >= 0.3 is 6.18 Å². The number of rotatable bonds is 3. The number of benzene rings is 1. The Labute approximate surface area is 132 Å². The van der Waals surface area contributed by atoms with E-state index < -0.39 is 28.6 Å². The van der Waals surface area contributed by atoms with Crippen LogP contribution in [0.15, 0.2) is 18.2 Å². The predicted octanol–water partition coefficient (Wildman–Crippen LogP) is 5.23. The van der Waals surface area contributed by atoms with Crippen molar-refractivity contribution in [2.75, 3.05) is 0 Å². The molecule has 1 rings (SSSR count). The fourth-order valence-electron chi connectivity index (χ4n) is 1.21. The van der Waals surface area contributed by atoms with Crippen molar-refractivity contribution in [3.63, 3.8) is 0 Å². The maximum absolute atomic E-state index is 12.5. The molecule has 0 amide bonds. The third-order valence-corrected chi connectivity index (χ3v) is 2.69. The number of Topliss-reactive ketones (excluding diaryl/α,β-unsaturated/α-hetero) is 1. The second-order valence-electron chi connectivity index (χ2n) is 4.36. The van der Waals surface area contributed by atoms with Gasteiger partial charge in [-0.15, -0.1) is 0 Å². The van der Waals surface area contributed by atoms with E-state index in [-0.39, 0.29) is 12.1 Å². The van der Waals surface area contributed by atoms with Gasteiger partial charge in [0.1, 0.15) is 5.82 Å². The molecule has 0 aliphatic rings. The zero-order valence-corrected chi connectivity index (χ0v) is 13.7. The lowest BCUT2D eigenvalue weighted by Crippen LogP contribution is -2.28. The largest absolute Gasteiger partial charge is 0.450 e. The molecule has 0 N–H and O–H groups in total. The number of carbonyl (C=O) groups is 1. The Morgan fingerprint density at radius 1 is 1.30 bits per heavy atom. The van der Waals surface area contributed by atoms with Gasteiger partial charge in [0, 0.05) is 18.1 Å². The highest BCUT2D eigenvalue weighted by molar-refractivity contribution is 5.85. The minimum absolute atomic E-state index is 0.0797. The van der Waals surface area contributed by atoms with Crippen molar-refractivity contribution in [1.82, 2.24) is 0 Å². The number of nitrogens with zero attached hydrogens (tertiary/aromatic N) is 1. The molecule has 0 aliphatic carbocycles. The maximum atomic E-state index is 12.5. The summed E-state index contributed by atoms with van der Waals surface area (Å²) in [6.45, 7) is 8.31. The molecule has 0 spiro atoms. The van der Waals surface area contributed by atoms with Crippen LogP contribution in [0.3, 0.4) is 0 Å². The van der Waals surface area contributed by atoms with E-state index in [4.69, 9.17) is 0 Å². The SMILES string of the molecule is CC.CCC(C)C(=O)C(F)(F)F.Cc1cc([N+](=O)[O-])ccc1F. The second-order valence-corrected chi connectivity index (χ2v) is 4.36. The molecule has 0 bridgehead atoms. The molecule has 1 atom stereocenters. The van der Waals surface area contributed by atoms with Crippen molar-refractivity contribution in [1.29, 1.82) is 0 Å². The molecule has 1 unspecified atom stereocenters. The Hall–Kier alpha value is -1.99. The van der Waals surface area contributed by atoms with Crippen LogP contribution in [0.1, 0.15) is 39.7 Å². The molecule has 4 nitrogen and oxygen atoms in total. The number of halogens is 4. The molecule has 0 heterocycles. The molecule has 23 heavy (non-hydrogen) atoms. The van der Waals surface area contributed by atoms with Crippen LogP contribution in [0.2, 0.25) is 0 Å². The van der Waals surface area contributed by atoms with Gasteiger partial charge in [-0.2, -0.15) is 13.2 Å². The molecule has 1 aromatic rings. The Kier molecular flexibility index (Phi) is 10.8. The summed E-state index contributed by atoms with van der Waals surface area (Å²) in [6, 6.07) is 3.44. The zero-order valence-electron chi connectivity index (χ0n) is 13.7. The lowest BCUT2D eigenvalue weighted by atomic mass is 10.0. The third kappa shape index (κ3) is 8.90. The van der Waals surface area contributed by atoms with Crippen LogP contribution in [0.25, 0.3) is 0 Å². The highest BCUT2D eigenvalue weighted by atomic mass is 19.4. The quantitative estimate of drug-likeness (QED) is 0.430. The average molecular weight is 339 g/mol. The van der Waals surface area contributed by atoms with E-state index in [0.717, 1.165) is 12.1 Å². The van der Waals surface area contributed by atoms with Gasteiger partial charge in [-0.25, -0.2) is 4.39 Å². The van der Waals surface area contributed by atoms with Gasteiger partial charge in [-0.3, -0.25) is 14.9 Å². The highest BCUT2D eigenvalue weighted by Crippen LogP contribution is 2.21. The van der Waals surface area contributed by atoms with Crippen LogP contribution in [0.5, 0.6) is 0 Å². The zero-order chi connectivity index (χ0) is 18.8. The van der Waals surface area contributed by atoms with Crippen molar-refractivity contribution in [3.8, 4) is 0 Å². The number of aryl methyl sites for hydroxylation is 1. The molecule has 0 saturated heterocycles. The first-order valence-electron chi connectivity index (χ1n) is 7.02. The summed E-state index contributed by atoms with van der Waals surface area (Å²) in [4.78, 5) is 19.9. The first kappa shape index (κ1) is 23.3. The first-order valence-corrected chi connectivity index (χ1v) is 7.02. The van der Waals surface area contributed by atoms with Gasteiger partial charge in [0.15, 0.2) is 0 Å². The number of alkyl halides is 3. The van der Waals surface area contributed by atoms with Crippen LogP contribution in [0, 0.1) is 28.8 Å². The van der Waals surface area contributed by atoms with E-state index in [2.05, 4.69) is 0 Å². The van der Waals surface area contributed by atoms with Gasteiger partial charge in [0.05, 0.1) is 4.92 Å². The number of carbonyl (C=O) groups excluding carboxylic acids is 1. The molecule has 8 heteroatoms. The summed E-state index contributed by atoms with van der Waals surface area (Å²) >= 11 is 0. The highest BCUT2D eigenvalue weighted by Gasteiger charge is 2.40. The molecule has 0 aliphatic heterocycles. The lowest BCUT2D eigenvalue weighted by Gasteiger charge is -2.09. The standard InChI is InChI=1S/C7H6FNO2.C6H9F3O.C2H6/c1-5-4-6(9(10)11)2-3-7(5)8;1-3-4(2)5(10)6(7,8)9;1-2/h2-4H,1H3;4H,3H2,1-2H3;1-2H3. The Bertz CT molecular complexity index is 516. The number of ketones is 1. The van der Waals surface area contributed by atoms with Crippen LogP contribution in [-0.2, 0) is 4.79 Å². The molecular formula is C15H21F4NO3. The normalized spacial score (nSPS) is 11.3. The van der Waals surface area contributed by atoms with E-state index in [9.17, 15) is 32.5 Å². The smallest absolute Gasteiger partial charge is 0.289 e. The number of non-ortho nitro benzene ring substituents is 1. The summed E-state index contributed by atoms with van der Waals surface area (Å²) in [5, 5.41) is 10.1. The van der Waals surface area contributed by atoms with Crippen molar-refractivity contribution in [2.24, 2.45) is 5.92 Å². The topological polar surface area (TPSA) is 60.2 Å². The number of hydrogen-bond donors (Lipinski definition) is 0. The maximum Gasteiger partial charge on any atom is 0.450 e. The monoisotopic (exact) mass is 339 g/mol. The Morgan fingerprint density at radius 3 is 2.04 bits per heavy atom. The summed E-state index contributed by atoms with van der Waals surface area (Å²) in [7, 11) is 0. The molecular weight excluding hydrogens is 318 g/mol. The van der Waals surface area contributed by atoms with E-state index >= 15 is 0 Å². The number of nitro groups is 1. The molecule has 0 saturated carbocycles. The fraction of sp³-hybridized carbons (Fsp3) is 0.533. The fourth-order valence-corrected chi connectivity index (χ4v) is 1.21. The first-order chi connectivity index (χ1) is 10.5. The van der Waals surface area contributed by atoms with Gasteiger partial charge in [-0.1, -0.05) is 27.7 Å². The van der Waals surface area contributed by atoms with Gasteiger partial charge in [-0.05, 0) is 25.0 Å². The van der Waals surface area contributed by atoms with Crippen molar-refractivity contribution < 1.29 is 27.3 Å². The molecule has 1 aromatic carbocycles. The van der Waals surface area contributed by atoms with Crippen molar-refractivity contribution in [2.45, 2.75) is 47.2 Å². The van der Waals surface area contributed by atoms with Gasteiger partial charge in [0.2, 0.25) is 5.78 Å². The predicted molar refractivity (Wildman–Crippen MR) is 79.7 cm³/mol. The average Bonchev–Trinajstić information content (AvgIpc) is 2.50. The summed E-state index contributed by atoms with van der Waals surface area (Å²) in [5.74, 6) is -2.95. The minimum Gasteiger partial charge on any atom is -0.289 e. The Balaban J connectivity index is 0. The van der Waals surface area contributed by atoms with Crippen LogP contribution in [0.4, 0.5) is 23.2 Å². The van der Waals surface area contributed by atoms with E-state index in [1.807, 2.05) is 13.8 Å². The second kappa shape index (κ2) is 10.7. The van der Waals surface area contributed by atoms with Crippen molar-refractivity contribution in [3.05, 3.63) is 39.7 Å². The molecule has 132 valence electrons. The van der Waals surface area contributed by atoms with Crippen molar-refractivity contribution >= 4 is 11.5 Å². The van der Waals surface area contributed by atoms with E-state index in [1.54, 1.807) is 6.92 Å². The molecule has 0 radical (unpaired) electrons. The van der Waals surface area contributed by atoms with E-state index in [1.165, 1.54) is 19.9 Å².